The van der Waals surface area contributed by atoms with Crippen molar-refractivity contribution >= 4 is 44.6 Å². The zero-order valence-electron chi connectivity index (χ0n) is 6.33. The van der Waals surface area contributed by atoms with Gasteiger partial charge in [-0.15, -0.1) is 11.3 Å². The highest BCUT2D eigenvalue weighted by Crippen LogP contribution is 2.33. The molecule has 2 rings (SSSR count). The number of thiophene rings is 1. The maximum atomic E-state index is 11.0. The number of aromatic nitrogens is 1. The molecule has 3 nitrogen and oxygen atoms in total. The lowest BCUT2D eigenvalue weighted by Crippen LogP contribution is -1.93. The smallest absolute Gasteiger partial charge is 0.171 e. The molecule has 0 atom stereocenters. The standard InChI is InChI=1S/C7H6N2OS2/c1-3(10)6-5(8)4-2-11-9-7(4)12-6/h2H,8H2,1H3. The van der Waals surface area contributed by atoms with Gasteiger partial charge in [-0.3, -0.25) is 4.79 Å². The molecule has 2 heterocycles. The van der Waals surface area contributed by atoms with Crippen LogP contribution in [0.5, 0.6) is 0 Å². The molecule has 0 aliphatic rings. The first kappa shape index (κ1) is 7.70. The Kier molecular flexibility index (Phi) is 1.62. The minimum atomic E-state index is 0.0144. The van der Waals surface area contributed by atoms with E-state index >= 15 is 0 Å². The average Bonchev–Trinajstić information content (AvgIpc) is 2.53. The third-order valence-electron chi connectivity index (χ3n) is 1.59. The lowest BCUT2D eigenvalue weighted by Gasteiger charge is -1.89. The van der Waals surface area contributed by atoms with Crippen LogP contribution in [0.4, 0.5) is 5.69 Å². The van der Waals surface area contributed by atoms with Crippen molar-refractivity contribution in [1.82, 2.24) is 4.37 Å². The fraction of sp³-hybridized carbons (Fsp3) is 0.143. The zero-order chi connectivity index (χ0) is 8.72. The Morgan fingerprint density at radius 3 is 3.00 bits per heavy atom. The first-order chi connectivity index (χ1) is 5.70. The van der Waals surface area contributed by atoms with Crippen molar-refractivity contribution in [2.45, 2.75) is 6.92 Å². The Labute approximate surface area is 77.0 Å². The molecule has 0 saturated carbocycles. The molecule has 0 fully saturated rings. The van der Waals surface area contributed by atoms with Gasteiger partial charge in [-0.1, -0.05) is 0 Å². The Hall–Kier alpha value is -0.940. The SMILES string of the molecule is CC(=O)c1sc2nscc2c1N. The Bertz CT molecular complexity index is 443. The van der Waals surface area contributed by atoms with Gasteiger partial charge in [0.05, 0.1) is 10.6 Å². The predicted molar refractivity (Wildman–Crippen MR) is 51.9 cm³/mol. The molecule has 2 aromatic rings. The fourth-order valence-corrected chi connectivity index (χ4v) is 2.79. The van der Waals surface area contributed by atoms with Crippen LogP contribution in [0, 0.1) is 0 Å². The number of carbonyl (C=O) groups excluding carboxylic acids is 1. The fourth-order valence-electron chi connectivity index (χ4n) is 1.01. The highest BCUT2D eigenvalue weighted by Gasteiger charge is 2.13. The van der Waals surface area contributed by atoms with Crippen LogP contribution in [-0.2, 0) is 0 Å². The van der Waals surface area contributed by atoms with E-state index in [4.69, 9.17) is 5.73 Å². The van der Waals surface area contributed by atoms with Gasteiger partial charge in [-0.25, -0.2) is 0 Å². The summed E-state index contributed by atoms with van der Waals surface area (Å²) in [5.74, 6) is 0.0144. The van der Waals surface area contributed by atoms with E-state index in [-0.39, 0.29) is 5.78 Å². The first-order valence-electron chi connectivity index (χ1n) is 3.33. The minimum Gasteiger partial charge on any atom is -0.397 e. The second-order valence-corrected chi connectivity index (χ2v) is 4.06. The summed E-state index contributed by atoms with van der Waals surface area (Å²) in [7, 11) is 0. The summed E-state index contributed by atoms with van der Waals surface area (Å²) in [6.07, 6.45) is 0. The molecule has 0 radical (unpaired) electrons. The Balaban J connectivity index is 2.78. The molecule has 5 heteroatoms. The number of anilines is 1. The van der Waals surface area contributed by atoms with E-state index in [2.05, 4.69) is 4.37 Å². The monoisotopic (exact) mass is 198 g/mol. The molecule has 2 aromatic heterocycles. The van der Waals surface area contributed by atoms with Gasteiger partial charge in [0.1, 0.15) is 4.83 Å². The van der Waals surface area contributed by atoms with Crippen molar-refractivity contribution in [3.05, 3.63) is 10.3 Å². The van der Waals surface area contributed by atoms with Crippen LogP contribution in [0.25, 0.3) is 10.2 Å². The van der Waals surface area contributed by atoms with Crippen LogP contribution in [0.15, 0.2) is 5.38 Å². The van der Waals surface area contributed by atoms with E-state index in [0.717, 1.165) is 10.2 Å². The summed E-state index contributed by atoms with van der Waals surface area (Å²) in [6, 6.07) is 0. The Morgan fingerprint density at radius 2 is 2.42 bits per heavy atom. The number of fused-ring (bicyclic) bond motifs is 1. The van der Waals surface area contributed by atoms with Crippen molar-refractivity contribution in [3.63, 3.8) is 0 Å². The molecule has 0 unspecified atom stereocenters. The van der Waals surface area contributed by atoms with Gasteiger partial charge in [0.25, 0.3) is 0 Å². The second kappa shape index (κ2) is 2.53. The number of hydrogen-bond acceptors (Lipinski definition) is 5. The van der Waals surface area contributed by atoms with Crippen molar-refractivity contribution in [2.24, 2.45) is 0 Å². The van der Waals surface area contributed by atoms with Crippen molar-refractivity contribution in [3.8, 4) is 0 Å². The zero-order valence-corrected chi connectivity index (χ0v) is 7.96. The van der Waals surface area contributed by atoms with Gasteiger partial charge in [-0.2, -0.15) is 4.37 Å². The lowest BCUT2D eigenvalue weighted by molar-refractivity contribution is 0.102. The number of ketones is 1. The summed E-state index contributed by atoms with van der Waals surface area (Å²) in [4.78, 5) is 12.5. The lowest BCUT2D eigenvalue weighted by atomic mass is 10.3. The van der Waals surface area contributed by atoms with E-state index in [1.165, 1.54) is 29.8 Å². The number of Topliss-reactive ketones (excluding diaryl/α,β-unsaturated/α-hetero) is 1. The van der Waals surface area contributed by atoms with E-state index in [1.807, 2.05) is 5.38 Å². The molecule has 0 aliphatic carbocycles. The molecule has 2 N–H and O–H groups in total. The van der Waals surface area contributed by atoms with Gasteiger partial charge in [-0.05, 0) is 11.5 Å². The summed E-state index contributed by atoms with van der Waals surface area (Å²) in [5.41, 5.74) is 6.32. The van der Waals surface area contributed by atoms with Crippen molar-refractivity contribution < 1.29 is 4.79 Å². The largest absolute Gasteiger partial charge is 0.397 e. The molecular weight excluding hydrogens is 192 g/mol. The van der Waals surface area contributed by atoms with E-state index in [1.54, 1.807) is 0 Å². The first-order valence-corrected chi connectivity index (χ1v) is 4.98. The van der Waals surface area contributed by atoms with E-state index < -0.39 is 0 Å². The maximum absolute atomic E-state index is 11.0. The van der Waals surface area contributed by atoms with Gasteiger partial charge < -0.3 is 5.73 Å². The van der Waals surface area contributed by atoms with Crippen molar-refractivity contribution in [1.29, 1.82) is 0 Å². The number of nitrogens with zero attached hydrogens (tertiary/aromatic N) is 1. The molecule has 0 aliphatic heterocycles. The van der Waals surface area contributed by atoms with Crippen LogP contribution < -0.4 is 5.73 Å². The molecule has 0 spiro atoms. The summed E-state index contributed by atoms with van der Waals surface area (Å²) in [5, 5.41) is 2.78. The average molecular weight is 198 g/mol. The Morgan fingerprint density at radius 1 is 1.67 bits per heavy atom. The topological polar surface area (TPSA) is 56.0 Å². The number of nitrogens with two attached hydrogens (primary N) is 1. The van der Waals surface area contributed by atoms with Crippen LogP contribution in [0.2, 0.25) is 0 Å². The van der Waals surface area contributed by atoms with Gasteiger partial charge in [0, 0.05) is 17.7 Å². The van der Waals surface area contributed by atoms with Crippen LogP contribution in [0.1, 0.15) is 16.6 Å². The second-order valence-electron chi connectivity index (χ2n) is 2.43. The van der Waals surface area contributed by atoms with Crippen molar-refractivity contribution in [2.75, 3.05) is 5.73 Å². The third-order valence-corrected chi connectivity index (χ3v) is 3.55. The summed E-state index contributed by atoms with van der Waals surface area (Å²) < 4.78 is 4.11. The highest BCUT2D eigenvalue weighted by molar-refractivity contribution is 7.23. The molecule has 0 saturated heterocycles. The van der Waals surface area contributed by atoms with Gasteiger partial charge in [0.15, 0.2) is 5.78 Å². The van der Waals surface area contributed by atoms with E-state index in [9.17, 15) is 4.79 Å². The number of hydrogen-bond donors (Lipinski definition) is 1. The maximum Gasteiger partial charge on any atom is 0.171 e. The quantitative estimate of drug-likeness (QED) is 0.714. The molecule has 62 valence electrons. The number of nitrogen functional groups attached to an aromatic ring is 1. The van der Waals surface area contributed by atoms with Crippen LogP contribution in [0.3, 0.4) is 0 Å². The van der Waals surface area contributed by atoms with E-state index in [0.29, 0.717) is 10.6 Å². The molecule has 0 bridgehead atoms. The molecule has 0 aromatic carbocycles. The van der Waals surface area contributed by atoms with Gasteiger partial charge in [0.2, 0.25) is 0 Å². The minimum absolute atomic E-state index is 0.0144. The molecule has 0 amide bonds. The van der Waals surface area contributed by atoms with Crippen LogP contribution >= 0.6 is 22.9 Å². The third kappa shape index (κ3) is 0.937. The molecule has 12 heavy (non-hydrogen) atoms. The predicted octanol–water partition coefficient (Wildman–Crippen LogP) is 2.14. The number of carbonyl (C=O) groups is 1. The van der Waals surface area contributed by atoms with Gasteiger partial charge >= 0.3 is 0 Å². The highest BCUT2D eigenvalue weighted by atomic mass is 32.1. The number of rotatable bonds is 1. The normalized spacial score (nSPS) is 10.8. The molecular formula is C7H6N2OS2. The summed E-state index contributed by atoms with van der Waals surface area (Å²) in [6.45, 7) is 1.52. The van der Waals surface area contributed by atoms with Crippen LogP contribution in [-0.4, -0.2) is 10.2 Å². The summed E-state index contributed by atoms with van der Waals surface area (Å²) >= 11 is 2.73.